The van der Waals surface area contributed by atoms with E-state index in [1.165, 1.54) is 18.2 Å². The summed E-state index contributed by atoms with van der Waals surface area (Å²) in [5, 5.41) is 29.7. The quantitative estimate of drug-likeness (QED) is 0.386. The van der Waals surface area contributed by atoms with Crippen LogP contribution >= 0.6 is 0 Å². The summed E-state index contributed by atoms with van der Waals surface area (Å²) in [5.41, 5.74) is -0.0406. The van der Waals surface area contributed by atoms with Crippen molar-refractivity contribution in [1.29, 1.82) is 0 Å². The van der Waals surface area contributed by atoms with Crippen LogP contribution in [0.2, 0.25) is 0 Å². The number of carboxylic acid groups (broad SMARTS) is 1. The Bertz CT molecular complexity index is 1210. The molecule has 28 heavy (non-hydrogen) atoms. The smallest absolute Gasteiger partial charge is 0.744 e. The van der Waals surface area contributed by atoms with Crippen LogP contribution in [0.15, 0.2) is 63.7 Å². The van der Waals surface area contributed by atoms with Crippen LogP contribution < -0.4 is 5.11 Å². The fraction of sp³-hybridized carbons (Fsp3) is 0.0556. The number of hydrogen-bond donors (Lipinski definition) is 1. The number of aryl methyl sites for hydroxylation is 1. The molecule has 0 heterocycles. The molecule has 1 N–H and O–H groups in total. The van der Waals surface area contributed by atoms with E-state index in [-0.39, 0.29) is 54.5 Å². The van der Waals surface area contributed by atoms with E-state index in [0.717, 1.165) is 6.07 Å². The zero-order valence-corrected chi connectivity index (χ0v) is 17.6. The Morgan fingerprint density at radius 1 is 1.00 bits per heavy atom. The first kappa shape index (κ1) is 22.3. The monoisotopic (exact) mass is 424 g/mol. The number of nitrogens with zero attached hydrogens (tertiary/aromatic N) is 2. The second kappa shape index (κ2) is 8.54. The van der Waals surface area contributed by atoms with Crippen LogP contribution in [0, 0.1) is 6.92 Å². The maximum Gasteiger partial charge on any atom is 2.00 e. The molecule has 0 radical (unpaired) electrons. The van der Waals surface area contributed by atoms with Crippen LogP contribution in [-0.2, 0) is 10.1 Å². The van der Waals surface area contributed by atoms with E-state index in [1.54, 1.807) is 31.2 Å². The molecule has 0 unspecified atom stereocenters. The number of hydrogen-bond acceptors (Lipinski definition) is 8. The minimum atomic E-state index is -4.78. The second-order valence-electron chi connectivity index (χ2n) is 5.75. The molecule has 0 aromatic heterocycles. The van der Waals surface area contributed by atoms with Crippen molar-refractivity contribution in [2.45, 2.75) is 11.8 Å². The summed E-state index contributed by atoms with van der Waals surface area (Å²) in [6, 6.07) is 11.5. The van der Waals surface area contributed by atoms with Gasteiger partial charge in [0.2, 0.25) is 0 Å². The molecule has 0 spiro atoms. The van der Waals surface area contributed by atoms with E-state index in [2.05, 4.69) is 10.2 Å². The summed E-state index contributed by atoms with van der Waals surface area (Å²) in [6.07, 6.45) is 0. The van der Waals surface area contributed by atoms with E-state index in [4.69, 9.17) is 0 Å². The molecule has 0 bridgehead atoms. The average Bonchev–Trinajstić information content (AvgIpc) is 2.61. The first-order chi connectivity index (χ1) is 12.7. The van der Waals surface area contributed by atoms with Crippen molar-refractivity contribution in [3.8, 4) is 5.75 Å². The molecule has 3 aromatic rings. The van der Waals surface area contributed by atoms with Gasteiger partial charge in [-0.1, -0.05) is 30.3 Å². The van der Waals surface area contributed by atoms with Gasteiger partial charge in [0.05, 0.1) is 16.6 Å². The Morgan fingerprint density at radius 2 is 1.61 bits per heavy atom. The Kier molecular flexibility index (Phi) is 6.79. The van der Waals surface area contributed by atoms with E-state index < -0.39 is 32.3 Å². The van der Waals surface area contributed by atoms with Crippen LogP contribution in [-0.4, -0.2) is 61.8 Å². The molecule has 10 heteroatoms. The maximum absolute atomic E-state index is 11.4. The number of phenols is 1. The molecule has 0 atom stereocenters. The molecule has 0 aliphatic heterocycles. The van der Waals surface area contributed by atoms with Crippen LogP contribution in [0.5, 0.6) is 5.75 Å². The molecular weight excluding hydrogens is 412 g/mol. The summed E-state index contributed by atoms with van der Waals surface area (Å²) in [7, 11) is -4.78. The maximum atomic E-state index is 11.4. The van der Waals surface area contributed by atoms with Gasteiger partial charge in [-0.2, -0.15) is 0 Å². The second-order valence-corrected chi connectivity index (χ2v) is 7.10. The number of rotatable bonds is 4. The molecule has 3 rings (SSSR count). The molecule has 0 saturated carbocycles. The van der Waals surface area contributed by atoms with Gasteiger partial charge in [-0.15, -0.1) is 10.2 Å². The normalized spacial score (nSPS) is 11.5. The minimum Gasteiger partial charge on any atom is -0.744 e. The van der Waals surface area contributed by atoms with Crippen molar-refractivity contribution in [3.63, 3.8) is 0 Å². The number of carbonyl (C=O) groups is 1. The largest absolute Gasteiger partial charge is 2.00 e. The molecule has 0 amide bonds. The predicted octanol–water partition coefficient (Wildman–Crippen LogP) is 2.16. The van der Waals surface area contributed by atoms with E-state index >= 15 is 0 Å². The summed E-state index contributed by atoms with van der Waals surface area (Å²) in [5.74, 6) is -2.07. The summed E-state index contributed by atoms with van der Waals surface area (Å²) >= 11 is 0. The Hall–Kier alpha value is -2.04. The van der Waals surface area contributed by atoms with Crippen molar-refractivity contribution in [2.24, 2.45) is 10.2 Å². The Morgan fingerprint density at radius 3 is 2.21 bits per heavy atom. The van der Waals surface area contributed by atoms with Crippen LogP contribution in [0.1, 0.15) is 15.9 Å². The molecular formula is C18H12CaN2O6S. The van der Waals surface area contributed by atoms with Gasteiger partial charge in [0.1, 0.15) is 21.6 Å². The molecule has 8 nitrogen and oxygen atoms in total. The molecule has 0 aliphatic rings. The van der Waals surface area contributed by atoms with Gasteiger partial charge in [-0.05, 0) is 30.7 Å². The number of fused-ring (bicyclic) bond motifs is 1. The fourth-order valence-electron chi connectivity index (χ4n) is 2.59. The average molecular weight is 424 g/mol. The number of aromatic carboxylic acids is 1. The molecule has 138 valence electrons. The topological polar surface area (TPSA) is 142 Å². The van der Waals surface area contributed by atoms with Gasteiger partial charge in [0, 0.05) is 16.3 Å². The predicted molar refractivity (Wildman–Crippen MR) is 99.0 cm³/mol. The third kappa shape index (κ3) is 4.50. The number of azo groups is 1. The Labute approximate surface area is 190 Å². The Balaban J connectivity index is 0.00000280. The van der Waals surface area contributed by atoms with Gasteiger partial charge in [-0.3, -0.25) is 0 Å². The summed E-state index contributed by atoms with van der Waals surface area (Å²) < 4.78 is 34.3. The first-order valence-electron chi connectivity index (χ1n) is 7.63. The third-order valence-electron chi connectivity index (χ3n) is 3.86. The van der Waals surface area contributed by atoms with Crippen molar-refractivity contribution in [1.82, 2.24) is 0 Å². The zero-order valence-electron chi connectivity index (χ0n) is 14.6. The van der Waals surface area contributed by atoms with Crippen LogP contribution in [0.4, 0.5) is 11.4 Å². The fourth-order valence-corrected chi connectivity index (χ4v) is 3.29. The van der Waals surface area contributed by atoms with Gasteiger partial charge in [0.25, 0.3) is 0 Å². The third-order valence-corrected chi connectivity index (χ3v) is 4.73. The number of aromatic hydroxyl groups is 1. The van der Waals surface area contributed by atoms with Crippen molar-refractivity contribution in [3.05, 3.63) is 59.7 Å². The van der Waals surface area contributed by atoms with Crippen LogP contribution in [0.3, 0.4) is 0 Å². The van der Waals surface area contributed by atoms with Gasteiger partial charge < -0.3 is 19.6 Å². The molecule has 0 aliphatic carbocycles. The molecule has 0 saturated heterocycles. The van der Waals surface area contributed by atoms with E-state index in [1.807, 2.05) is 0 Å². The SMILES string of the molecule is Cc1ccc(N=Nc2cc(C(=O)[O-])c(O)c3ccccc23)c(S(=O)(=O)[O-])c1.[Ca+2]. The zero-order chi connectivity index (χ0) is 19.8. The van der Waals surface area contributed by atoms with Gasteiger partial charge >= 0.3 is 37.7 Å². The molecule has 0 fully saturated rings. The van der Waals surface area contributed by atoms with Crippen LogP contribution in [0.25, 0.3) is 10.8 Å². The van der Waals surface area contributed by atoms with Gasteiger partial charge in [-0.25, -0.2) is 8.42 Å². The standard InChI is InChI=1S/C18H14N2O6S.Ca/c1-10-6-7-14(16(8-10)27(24,25)26)19-20-15-9-13(18(22)23)17(21)12-5-3-2-4-11(12)15;/h2-9,21H,1H3,(H,22,23)(H,24,25,26);/q;+2/p-2. The van der Waals surface area contributed by atoms with E-state index in [0.29, 0.717) is 10.9 Å². The van der Waals surface area contributed by atoms with Crippen molar-refractivity contribution in [2.75, 3.05) is 0 Å². The first-order valence-corrected chi connectivity index (χ1v) is 9.03. The van der Waals surface area contributed by atoms with Crippen molar-refractivity contribution < 1.29 is 28.0 Å². The summed E-state index contributed by atoms with van der Waals surface area (Å²) in [4.78, 5) is 10.7. The minimum absolute atomic E-state index is 0. The number of carbonyl (C=O) groups excluding carboxylic acids is 1. The number of benzene rings is 3. The van der Waals surface area contributed by atoms with E-state index in [9.17, 15) is 28.0 Å². The number of carboxylic acids is 1. The van der Waals surface area contributed by atoms with Crippen molar-refractivity contribution >= 4 is 76.0 Å². The summed E-state index contributed by atoms with van der Waals surface area (Å²) in [6.45, 7) is 1.62. The van der Waals surface area contributed by atoms with Gasteiger partial charge in [0.15, 0.2) is 0 Å². The molecule has 3 aromatic carbocycles.